The van der Waals surface area contributed by atoms with Crippen molar-refractivity contribution in [2.24, 2.45) is 0 Å². The minimum Gasteiger partial charge on any atom is -0.495 e. The minimum absolute atomic E-state index is 0.0374. The van der Waals surface area contributed by atoms with Crippen molar-refractivity contribution in [2.75, 3.05) is 14.2 Å². The number of rotatable bonds is 9. The Kier molecular flexibility index (Phi) is 7.75. The molecule has 3 aromatic rings. The molecule has 0 unspecified atom stereocenters. The average molecular weight is 472 g/mol. The Labute approximate surface area is 191 Å². The van der Waals surface area contributed by atoms with Gasteiger partial charge >= 0.3 is 0 Å². The molecule has 0 spiro atoms. The van der Waals surface area contributed by atoms with Crippen LogP contribution in [0.4, 0.5) is 4.39 Å². The fourth-order valence-corrected chi connectivity index (χ4v) is 3.75. The highest BCUT2D eigenvalue weighted by atomic mass is 32.2. The zero-order chi connectivity index (χ0) is 23.8. The molecule has 172 valence electrons. The molecule has 0 fully saturated rings. The van der Waals surface area contributed by atoms with Gasteiger partial charge in [0.1, 0.15) is 22.2 Å². The summed E-state index contributed by atoms with van der Waals surface area (Å²) in [5.74, 6) is -0.136. The van der Waals surface area contributed by atoms with Crippen LogP contribution < -0.4 is 19.5 Å². The first-order valence-electron chi connectivity index (χ1n) is 9.77. The standard InChI is InChI=1S/C23H22FN3O5S/c1-25-33(29,30)21-13-16(8-10-20(21)31-2)9-11-22(28)27-15-17-5-4-12-26-23(17)32-19-7-3-6-18(24)14-19/h3-14,25H,15H2,1-2H3,(H,27,28)/b11-9+. The lowest BCUT2D eigenvalue weighted by Crippen LogP contribution is -2.20. The van der Waals surface area contributed by atoms with E-state index in [4.69, 9.17) is 9.47 Å². The van der Waals surface area contributed by atoms with E-state index in [1.165, 1.54) is 62.8 Å². The van der Waals surface area contributed by atoms with Gasteiger partial charge in [-0.15, -0.1) is 0 Å². The number of hydrogen-bond donors (Lipinski definition) is 2. The number of hydrogen-bond acceptors (Lipinski definition) is 6. The van der Waals surface area contributed by atoms with Crippen molar-refractivity contribution in [2.45, 2.75) is 11.4 Å². The summed E-state index contributed by atoms with van der Waals surface area (Å²) in [6, 6.07) is 13.6. The van der Waals surface area contributed by atoms with Crippen LogP contribution in [0, 0.1) is 5.82 Å². The van der Waals surface area contributed by atoms with Gasteiger partial charge in [0.25, 0.3) is 0 Å². The molecule has 0 atom stereocenters. The summed E-state index contributed by atoms with van der Waals surface area (Å²) >= 11 is 0. The molecule has 0 radical (unpaired) electrons. The summed E-state index contributed by atoms with van der Waals surface area (Å²) < 4.78 is 50.7. The third-order valence-electron chi connectivity index (χ3n) is 4.49. The number of amides is 1. The fourth-order valence-electron chi connectivity index (χ4n) is 2.82. The van der Waals surface area contributed by atoms with E-state index in [0.717, 1.165) is 0 Å². The van der Waals surface area contributed by atoms with Crippen LogP contribution in [0.5, 0.6) is 17.4 Å². The molecule has 3 rings (SSSR count). The van der Waals surface area contributed by atoms with Gasteiger partial charge in [-0.3, -0.25) is 4.79 Å². The lowest BCUT2D eigenvalue weighted by molar-refractivity contribution is -0.116. The summed E-state index contributed by atoms with van der Waals surface area (Å²) in [6.45, 7) is 0.115. The highest BCUT2D eigenvalue weighted by Gasteiger charge is 2.17. The normalized spacial score (nSPS) is 11.4. The van der Waals surface area contributed by atoms with Crippen molar-refractivity contribution in [1.82, 2.24) is 15.0 Å². The summed E-state index contributed by atoms with van der Waals surface area (Å²) in [7, 11) is -1.06. The molecule has 8 nitrogen and oxygen atoms in total. The summed E-state index contributed by atoms with van der Waals surface area (Å²) in [6.07, 6.45) is 4.29. The van der Waals surface area contributed by atoms with E-state index in [-0.39, 0.29) is 28.8 Å². The third kappa shape index (κ3) is 6.37. The van der Waals surface area contributed by atoms with Crippen LogP contribution in [-0.2, 0) is 21.4 Å². The van der Waals surface area contributed by atoms with Crippen LogP contribution in [0.3, 0.4) is 0 Å². The van der Waals surface area contributed by atoms with Gasteiger partial charge in [-0.25, -0.2) is 22.5 Å². The Bertz CT molecular complexity index is 1280. The second kappa shape index (κ2) is 10.7. The van der Waals surface area contributed by atoms with Crippen molar-refractivity contribution in [3.8, 4) is 17.4 Å². The van der Waals surface area contributed by atoms with E-state index >= 15 is 0 Å². The predicted octanol–water partition coefficient (Wildman–Crippen LogP) is 3.26. The molecule has 0 bridgehead atoms. The van der Waals surface area contributed by atoms with Crippen molar-refractivity contribution in [3.63, 3.8) is 0 Å². The van der Waals surface area contributed by atoms with Gasteiger partial charge in [0.2, 0.25) is 21.8 Å². The number of pyridine rings is 1. The van der Waals surface area contributed by atoms with E-state index < -0.39 is 21.7 Å². The van der Waals surface area contributed by atoms with Crippen molar-refractivity contribution < 1.29 is 27.1 Å². The molecule has 1 amide bonds. The molecule has 1 heterocycles. The molecular formula is C23H22FN3O5S. The number of ether oxygens (including phenoxy) is 2. The topological polar surface area (TPSA) is 107 Å². The molecule has 0 saturated heterocycles. The van der Waals surface area contributed by atoms with Gasteiger partial charge in [-0.2, -0.15) is 0 Å². The lowest BCUT2D eigenvalue weighted by Gasteiger charge is -2.10. The molecule has 0 aliphatic heterocycles. The number of halogens is 1. The molecule has 2 N–H and O–H groups in total. The second-order valence-electron chi connectivity index (χ2n) is 6.70. The van der Waals surface area contributed by atoms with E-state index in [2.05, 4.69) is 15.0 Å². The number of benzene rings is 2. The summed E-state index contributed by atoms with van der Waals surface area (Å²) in [5.41, 5.74) is 1.09. The largest absolute Gasteiger partial charge is 0.495 e. The van der Waals surface area contributed by atoms with Crippen LogP contribution in [0.15, 0.2) is 71.8 Å². The number of nitrogens with zero attached hydrogens (tertiary/aromatic N) is 1. The zero-order valence-electron chi connectivity index (χ0n) is 17.9. The quantitative estimate of drug-likeness (QED) is 0.464. The van der Waals surface area contributed by atoms with Crippen molar-refractivity contribution >= 4 is 22.0 Å². The minimum atomic E-state index is -3.74. The van der Waals surface area contributed by atoms with E-state index in [1.807, 2.05) is 0 Å². The number of sulfonamides is 1. The summed E-state index contributed by atoms with van der Waals surface area (Å²) in [4.78, 5) is 16.4. The first-order valence-corrected chi connectivity index (χ1v) is 11.3. The average Bonchev–Trinajstić information content (AvgIpc) is 2.82. The highest BCUT2D eigenvalue weighted by molar-refractivity contribution is 7.89. The van der Waals surface area contributed by atoms with Crippen LogP contribution in [0.1, 0.15) is 11.1 Å². The SMILES string of the molecule is CNS(=O)(=O)c1cc(/C=C/C(=O)NCc2cccnc2Oc2cccc(F)c2)ccc1OC. The number of carbonyl (C=O) groups excluding carboxylic acids is 1. The molecule has 0 aliphatic carbocycles. The molecule has 10 heteroatoms. The van der Waals surface area contributed by atoms with Crippen LogP contribution in [-0.4, -0.2) is 33.5 Å². The van der Waals surface area contributed by atoms with Crippen LogP contribution >= 0.6 is 0 Å². The van der Waals surface area contributed by atoms with Crippen LogP contribution in [0.25, 0.3) is 6.08 Å². The zero-order valence-corrected chi connectivity index (χ0v) is 18.7. The number of methoxy groups -OCH3 is 1. The Morgan fingerprint density at radius 2 is 1.97 bits per heavy atom. The maximum atomic E-state index is 13.4. The number of aromatic nitrogens is 1. The molecular weight excluding hydrogens is 449 g/mol. The summed E-state index contributed by atoms with van der Waals surface area (Å²) in [5, 5.41) is 2.71. The molecule has 1 aromatic heterocycles. The molecule has 0 saturated carbocycles. The Morgan fingerprint density at radius 1 is 1.15 bits per heavy atom. The first-order chi connectivity index (χ1) is 15.8. The van der Waals surface area contributed by atoms with Gasteiger partial charge in [-0.1, -0.05) is 18.2 Å². The van der Waals surface area contributed by atoms with Crippen molar-refractivity contribution in [3.05, 3.63) is 83.8 Å². The fraction of sp³-hybridized carbons (Fsp3) is 0.130. The third-order valence-corrected chi connectivity index (χ3v) is 5.92. The Hall–Kier alpha value is -3.76. The van der Waals surface area contributed by atoms with Gasteiger partial charge in [-0.05, 0) is 49.0 Å². The number of nitrogens with one attached hydrogen (secondary N) is 2. The Morgan fingerprint density at radius 3 is 2.70 bits per heavy atom. The monoisotopic (exact) mass is 471 g/mol. The molecule has 33 heavy (non-hydrogen) atoms. The van der Waals surface area contributed by atoms with Crippen molar-refractivity contribution in [1.29, 1.82) is 0 Å². The van der Waals surface area contributed by atoms with E-state index in [9.17, 15) is 17.6 Å². The van der Waals surface area contributed by atoms with Gasteiger partial charge < -0.3 is 14.8 Å². The second-order valence-corrected chi connectivity index (χ2v) is 8.55. The number of carbonyl (C=O) groups is 1. The first kappa shape index (κ1) is 23.9. The highest BCUT2D eigenvalue weighted by Crippen LogP contribution is 2.25. The maximum Gasteiger partial charge on any atom is 0.244 e. The molecule has 0 aliphatic rings. The lowest BCUT2D eigenvalue weighted by atomic mass is 10.2. The van der Waals surface area contributed by atoms with Gasteiger partial charge in [0, 0.05) is 30.4 Å². The Balaban J connectivity index is 1.68. The maximum absolute atomic E-state index is 13.4. The van der Waals surface area contributed by atoms with E-state index in [0.29, 0.717) is 11.1 Å². The molecule has 2 aromatic carbocycles. The van der Waals surface area contributed by atoms with Gasteiger partial charge in [0.15, 0.2) is 0 Å². The van der Waals surface area contributed by atoms with Gasteiger partial charge in [0.05, 0.1) is 7.11 Å². The van der Waals surface area contributed by atoms with Crippen LogP contribution in [0.2, 0.25) is 0 Å². The smallest absolute Gasteiger partial charge is 0.244 e. The van der Waals surface area contributed by atoms with E-state index in [1.54, 1.807) is 24.3 Å². The predicted molar refractivity (Wildman–Crippen MR) is 121 cm³/mol.